The zero-order valence-electron chi connectivity index (χ0n) is 13.5. The lowest BCUT2D eigenvalue weighted by molar-refractivity contribution is 0.344. The molecule has 2 unspecified atom stereocenters. The highest BCUT2D eigenvalue weighted by Crippen LogP contribution is 2.23. The van der Waals surface area contributed by atoms with E-state index in [2.05, 4.69) is 62.2 Å². The minimum absolute atomic E-state index is 0.638. The minimum Gasteiger partial charge on any atom is -0.370 e. The summed E-state index contributed by atoms with van der Waals surface area (Å²) in [5.74, 6) is 1.55. The molecule has 1 saturated heterocycles. The van der Waals surface area contributed by atoms with E-state index in [0.29, 0.717) is 6.04 Å². The predicted molar refractivity (Wildman–Crippen MR) is 88.4 cm³/mol. The number of anilines is 1. The first-order valence-corrected chi connectivity index (χ1v) is 8.09. The van der Waals surface area contributed by atoms with Crippen LogP contribution in [0.5, 0.6) is 0 Å². The van der Waals surface area contributed by atoms with E-state index in [9.17, 15) is 0 Å². The summed E-state index contributed by atoms with van der Waals surface area (Å²) in [4.78, 5) is 2.54. The molecule has 0 amide bonds. The topological polar surface area (TPSA) is 15.3 Å². The van der Waals surface area contributed by atoms with Crippen LogP contribution in [-0.4, -0.2) is 25.7 Å². The minimum atomic E-state index is 0.638. The Balaban J connectivity index is 1.92. The average Bonchev–Trinajstić information content (AvgIpc) is 2.38. The zero-order valence-corrected chi connectivity index (χ0v) is 13.5. The van der Waals surface area contributed by atoms with Crippen molar-refractivity contribution in [3.8, 4) is 0 Å². The van der Waals surface area contributed by atoms with Gasteiger partial charge in [0.2, 0.25) is 0 Å². The van der Waals surface area contributed by atoms with Gasteiger partial charge in [-0.15, -0.1) is 0 Å². The lowest BCUT2D eigenvalue weighted by Gasteiger charge is -2.38. The van der Waals surface area contributed by atoms with Crippen molar-refractivity contribution in [2.75, 3.05) is 24.5 Å². The molecule has 1 heterocycles. The van der Waals surface area contributed by atoms with Crippen LogP contribution in [0.25, 0.3) is 0 Å². The van der Waals surface area contributed by atoms with Crippen molar-refractivity contribution in [1.29, 1.82) is 0 Å². The van der Waals surface area contributed by atoms with E-state index in [1.807, 2.05) is 0 Å². The molecule has 0 saturated carbocycles. The summed E-state index contributed by atoms with van der Waals surface area (Å²) < 4.78 is 0. The molecule has 1 aromatic rings. The Morgan fingerprint density at radius 3 is 2.55 bits per heavy atom. The van der Waals surface area contributed by atoms with Gasteiger partial charge < -0.3 is 10.2 Å². The summed E-state index contributed by atoms with van der Waals surface area (Å²) in [7, 11) is 0. The first-order chi connectivity index (χ1) is 9.54. The standard InChI is InChI=1S/C18H30N2/c1-14(2)9-10-19-17-11-16(4)12-20(13-17)18-7-5-15(3)6-8-18/h5-8,14,16-17,19H,9-13H2,1-4H3. The molecule has 2 heteroatoms. The highest BCUT2D eigenvalue weighted by molar-refractivity contribution is 5.48. The summed E-state index contributed by atoms with van der Waals surface area (Å²) in [6, 6.07) is 9.60. The van der Waals surface area contributed by atoms with Gasteiger partial charge in [-0.1, -0.05) is 38.5 Å². The summed E-state index contributed by atoms with van der Waals surface area (Å²) in [5.41, 5.74) is 2.71. The monoisotopic (exact) mass is 274 g/mol. The number of hydrogen-bond donors (Lipinski definition) is 1. The smallest absolute Gasteiger partial charge is 0.0367 e. The van der Waals surface area contributed by atoms with Crippen LogP contribution < -0.4 is 10.2 Å². The molecule has 1 N–H and O–H groups in total. The summed E-state index contributed by atoms with van der Waals surface area (Å²) >= 11 is 0. The first-order valence-electron chi connectivity index (χ1n) is 8.09. The van der Waals surface area contributed by atoms with Gasteiger partial charge in [0, 0.05) is 24.8 Å². The number of aryl methyl sites for hydroxylation is 1. The number of piperidine rings is 1. The molecule has 1 aliphatic heterocycles. The molecular weight excluding hydrogens is 244 g/mol. The second-order valence-electron chi connectivity index (χ2n) is 6.91. The molecule has 0 spiro atoms. The van der Waals surface area contributed by atoms with Crippen LogP contribution in [0.3, 0.4) is 0 Å². The van der Waals surface area contributed by atoms with E-state index < -0.39 is 0 Å². The molecule has 1 aliphatic rings. The summed E-state index contributed by atoms with van der Waals surface area (Å²) in [6.07, 6.45) is 2.58. The van der Waals surface area contributed by atoms with E-state index >= 15 is 0 Å². The lowest BCUT2D eigenvalue weighted by Crippen LogP contribution is -2.49. The molecule has 0 aromatic heterocycles. The number of rotatable bonds is 5. The molecule has 0 bridgehead atoms. The lowest BCUT2D eigenvalue weighted by atomic mass is 9.95. The van der Waals surface area contributed by atoms with Gasteiger partial charge in [-0.3, -0.25) is 0 Å². The molecule has 2 atom stereocenters. The van der Waals surface area contributed by atoms with Crippen LogP contribution in [0.4, 0.5) is 5.69 Å². The summed E-state index contributed by atoms with van der Waals surface area (Å²) in [6.45, 7) is 12.6. The third-order valence-electron chi connectivity index (χ3n) is 4.21. The van der Waals surface area contributed by atoms with E-state index in [0.717, 1.165) is 24.9 Å². The highest BCUT2D eigenvalue weighted by Gasteiger charge is 2.24. The Morgan fingerprint density at radius 1 is 1.20 bits per heavy atom. The maximum atomic E-state index is 3.75. The van der Waals surface area contributed by atoms with Crippen molar-refractivity contribution in [2.24, 2.45) is 11.8 Å². The van der Waals surface area contributed by atoms with Crippen molar-refractivity contribution in [3.05, 3.63) is 29.8 Å². The molecular formula is C18H30N2. The normalized spacial score (nSPS) is 23.4. The second-order valence-corrected chi connectivity index (χ2v) is 6.91. The SMILES string of the molecule is Cc1ccc(N2CC(C)CC(NCCC(C)C)C2)cc1. The number of hydrogen-bond acceptors (Lipinski definition) is 2. The number of benzene rings is 1. The Bertz CT molecular complexity index is 396. The van der Waals surface area contributed by atoms with Crippen LogP contribution in [0.1, 0.15) is 39.2 Å². The molecule has 20 heavy (non-hydrogen) atoms. The van der Waals surface area contributed by atoms with Gasteiger partial charge in [-0.25, -0.2) is 0 Å². The largest absolute Gasteiger partial charge is 0.370 e. The van der Waals surface area contributed by atoms with Crippen molar-refractivity contribution in [1.82, 2.24) is 5.32 Å². The zero-order chi connectivity index (χ0) is 14.5. The van der Waals surface area contributed by atoms with E-state index in [4.69, 9.17) is 0 Å². The predicted octanol–water partition coefficient (Wildman–Crippen LogP) is 3.85. The van der Waals surface area contributed by atoms with E-state index in [1.165, 1.54) is 30.6 Å². The van der Waals surface area contributed by atoms with Gasteiger partial charge in [0.1, 0.15) is 0 Å². The van der Waals surface area contributed by atoms with Crippen molar-refractivity contribution < 1.29 is 0 Å². The molecule has 0 aliphatic carbocycles. The Morgan fingerprint density at radius 2 is 1.90 bits per heavy atom. The fraction of sp³-hybridized carbons (Fsp3) is 0.667. The van der Waals surface area contributed by atoms with Crippen molar-refractivity contribution >= 4 is 5.69 Å². The van der Waals surface area contributed by atoms with Crippen LogP contribution in [-0.2, 0) is 0 Å². The molecule has 1 fully saturated rings. The Labute approximate surface area is 124 Å². The van der Waals surface area contributed by atoms with Gasteiger partial charge in [0.15, 0.2) is 0 Å². The van der Waals surface area contributed by atoms with Crippen molar-refractivity contribution in [2.45, 2.75) is 46.6 Å². The highest BCUT2D eigenvalue weighted by atomic mass is 15.2. The summed E-state index contributed by atoms with van der Waals surface area (Å²) in [5, 5.41) is 3.75. The molecule has 1 aromatic carbocycles. The van der Waals surface area contributed by atoms with Crippen LogP contribution in [0, 0.1) is 18.8 Å². The molecule has 112 valence electrons. The van der Waals surface area contributed by atoms with Gasteiger partial charge in [0.25, 0.3) is 0 Å². The molecule has 2 rings (SSSR count). The average molecular weight is 274 g/mol. The van der Waals surface area contributed by atoms with Crippen LogP contribution >= 0.6 is 0 Å². The first kappa shape index (κ1) is 15.4. The fourth-order valence-electron chi connectivity index (χ4n) is 3.04. The third kappa shape index (κ3) is 4.52. The Kier molecular flexibility index (Phi) is 5.47. The van der Waals surface area contributed by atoms with Gasteiger partial charge in [-0.2, -0.15) is 0 Å². The fourth-order valence-corrected chi connectivity index (χ4v) is 3.04. The van der Waals surface area contributed by atoms with Crippen LogP contribution in [0.15, 0.2) is 24.3 Å². The van der Waals surface area contributed by atoms with Crippen molar-refractivity contribution in [3.63, 3.8) is 0 Å². The maximum absolute atomic E-state index is 3.75. The molecule has 2 nitrogen and oxygen atoms in total. The van der Waals surface area contributed by atoms with E-state index in [1.54, 1.807) is 0 Å². The Hall–Kier alpha value is -1.02. The van der Waals surface area contributed by atoms with E-state index in [-0.39, 0.29) is 0 Å². The van der Waals surface area contributed by atoms with Gasteiger partial charge >= 0.3 is 0 Å². The second kappa shape index (κ2) is 7.12. The van der Waals surface area contributed by atoms with Gasteiger partial charge in [-0.05, 0) is 50.3 Å². The quantitative estimate of drug-likeness (QED) is 0.877. The number of nitrogens with one attached hydrogen (secondary N) is 1. The van der Waals surface area contributed by atoms with Gasteiger partial charge in [0.05, 0.1) is 0 Å². The third-order valence-corrected chi connectivity index (χ3v) is 4.21. The molecule has 0 radical (unpaired) electrons. The number of nitrogens with zero attached hydrogens (tertiary/aromatic N) is 1. The van der Waals surface area contributed by atoms with Crippen LogP contribution in [0.2, 0.25) is 0 Å². The maximum Gasteiger partial charge on any atom is 0.0367 e.